The lowest BCUT2D eigenvalue weighted by atomic mass is 10.1. The Hall–Kier alpha value is -3.66. The van der Waals surface area contributed by atoms with Gasteiger partial charge in [-0.1, -0.05) is 18.2 Å². The first-order valence-corrected chi connectivity index (χ1v) is 8.64. The number of hydrogen-bond acceptors (Lipinski definition) is 8. The molecule has 1 aliphatic rings. The average molecular weight is 402 g/mol. The van der Waals surface area contributed by atoms with E-state index in [-0.39, 0.29) is 38.8 Å². The number of amides is 1. The zero-order valence-corrected chi connectivity index (χ0v) is 15.3. The number of rotatable bonds is 8. The van der Waals surface area contributed by atoms with Crippen LogP contribution in [-0.4, -0.2) is 36.7 Å². The van der Waals surface area contributed by atoms with E-state index >= 15 is 0 Å². The van der Waals surface area contributed by atoms with Crippen LogP contribution in [0.15, 0.2) is 42.5 Å². The molecule has 10 nitrogen and oxygen atoms in total. The minimum atomic E-state index is -0.703. The molecular weight excluding hydrogens is 384 g/mol. The van der Waals surface area contributed by atoms with Gasteiger partial charge >= 0.3 is 5.97 Å². The minimum absolute atomic E-state index is 0.00320. The van der Waals surface area contributed by atoms with Gasteiger partial charge in [-0.25, -0.2) is 0 Å². The topological polar surface area (TPSA) is 126 Å². The van der Waals surface area contributed by atoms with Gasteiger partial charge in [0.05, 0.1) is 11.5 Å². The Morgan fingerprint density at radius 3 is 2.76 bits per heavy atom. The van der Waals surface area contributed by atoms with Gasteiger partial charge in [-0.15, -0.1) is 0 Å². The normalized spacial score (nSPS) is 12.3. The first-order valence-electron chi connectivity index (χ1n) is 8.64. The zero-order valence-electron chi connectivity index (χ0n) is 15.3. The van der Waals surface area contributed by atoms with Crippen molar-refractivity contribution in [2.45, 2.75) is 13.2 Å². The summed E-state index contributed by atoms with van der Waals surface area (Å²) >= 11 is 0. The van der Waals surface area contributed by atoms with E-state index in [4.69, 9.17) is 18.9 Å². The van der Waals surface area contributed by atoms with E-state index in [2.05, 4.69) is 5.32 Å². The third-order valence-electron chi connectivity index (χ3n) is 3.91. The van der Waals surface area contributed by atoms with E-state index in [0.29, 0.717) is 22.6 Å². The molecule has 29 heavy (non-hydrogen) atoms. The number of nitro groups is 1. The Bertz CT molecular complexity index is 901. The molecule has 0 atom stereocenters. The Kier molecular flexibility index (Phi) is 6.59. The third kappa shape index (κ3) is 5.66. The lowest BCUT2D eigenvalue weighted by Crippen LogP contribution is -2.34. The molecule has 0 fully saturated rings. The van der Waals surface area contributed by atoms with Gasteiger partial charge < -0.3 is 24.3 Å². The summed E-state index contributed by atoms with van der Waals surface area (Å²) in [5.41, 5.74) is 0.697. The van der Waals surface area contributed by atoms with Crippen molar-refractivity contribution < 1.29 is 33.5 Å². The molecule has 2 aromatic carbocycles. The van der Waals surface area contributed by atoms with E-state index in [0.717, 1.165) is 0 Å². The summed E-state index contributed by atoms with van der Waals surface area (Å²) < 4.78 is 20.9. The molecule has 0 saturated heterocycles. The highest BCUT2D eigenvalue weighted by atomic mass is 16.7. The van der Waals surface area contributed by atoms with Crippen molar-refractivity contribution >= 4 is 17.6 Å². The minimum Gasteiger partial charge on any atom is -0.484 e. The van der Waals surface area contributed by atoms with Crippen molar-refractivity contribution in [1.82, 2.24) is 5.32 Å². The number of esters is 1. The number of carbonyl (C=O) groups excluding carboxylic acids is 2. The molecule has 0 aromatic heterocycles. The maximum Gasteiger partial charge on any atom is 0.325 e. The molecule has 1 aliphatic heterocycles. The van der Waals surface area contributed by atoms with Crippen LogP contribution in [0.3, 0.4) is 0 Å². The largest absolute Gasteiger partial charge is 0.484 e. The number of nitrogens with one attached hydrogen (secondary N) is 1. The molecule has 1 N–H and O–H groups in total. The Morgan fingerprint density at radius 1 is 1.21 bits per heavy atom. The second-order valence-electron chi connectivity index (χ2n) is 6.00. The van der Waals surface area contributed by atoms with E-state index < -0.39 is 16.8 Å². The first kappa shape index (κ1) is 20.1. The van der Waals surface area contributed by atoms with Gasteiger partial charge in [-0.05, 0) is 12.1 Å². The molecular formula is C19H18N2O8. The Balaban J connectivity index is 1.49. The SMILES string of the molecule is O=C(COc1ccccc1)NCC(=O)OCc1cc([N+](=O)[O-])cc2c1OCOC2. The fourth-order valence-electron chi connectivity index (χ4n) is 2.59. The average Bonchev–Trinajstić information content (AvgIpc) is 2.75. The van der Waals surface area contributed by atoms with Gasteiger partial charge in [0.2, 0.25) is 0 Å². The van der Waals surface area contributed by atoms with Crippen LogP contribution in [0.5, 0.6) is 11.5 Å². The number of nitrogens with zero attached hydrogens (tertiary/aromatic N) is 1. The molecule has 1 amide bonds. The summed E-state index contributed by atoms with van der Waals surface area (Å²) in [6, 6.07) is 11.4. The molecule has 0 saturated carbocycles. The van der Waals surface area contributed by atoms with Gasteiger partial charge in [-0.2, -0.15) is 0 Å². The van der Waals surface area contributed by atoms with Crippen molar-refractivity contribution in [3.05, 3.63) is 63.7 Å². The van der Waals surface area contributed by atoms with Crippen molar-refractivity contribution in [3.8, 4) is 11.5 Å². The molecule has 0 aliphatic carbocycles. The summed E-state index contributed by atoms with van der Waals surface area (Å²) in [4.78, 5) is 34.2. The Labute approximate surface area is 165 Å². The van der Waals surface area contributed by atoms with Crippen LogP contribution >= 0.6 is 0 Å². The van der Waals surface area contributed by atoms with E-state index in [1.807, 2.05) is 6.07 Å². The second kappa shape index (κ2) is 9.51. The van der Waals surface area contributed by atoms with Crippen LogP contribution in [0.4, 0.5) is 5.69 Å². The number of carbonyl (C=O) groups is 2. The standard InChI is InChI=1S/C19H18N2O8/c22-17(11-27-16-4-2-1-3-5-16)20-8-18(23)28-10-14-7-15(21(24)25)6-13-9-26-12-29-19(13)14/h1-7H,8-12H2,(H,20,22). The summed E-state index contributed by atoms with van der Waals surface area (Å²) in [5.74, 6) is -0.260. The first-order chi connectivity index (χ1) is 14.0. The summed E-state index contributed by atoms with van der Waals surface area (Å²) in [7, 11) is 0. The molecule has 2 aromatic rings. The Morgan fingerprint density at radius 2 is 2.00 bits per heavy atom. The smallest absolute Gasteiger partial charge is 0.325 e. The van der Waals surface area contributed by atoms with Gasteiger partial charge in [0.15, 0.2) is 13.4 Å². The lowest BCUT2D eigenvalue weighted by Gasteiger charge is -2.20. The van der Waals surface area contributed by atoms with Crippen LogP contribution in [0.2, 0.25) is 0 Å². The highest BCUT2D eigenvalue weighted by Gasteiger charge is 2.21. The van der Waals surface area contributed by atoms with E-state index in [1.54, 1.807) is 24.3 Å². The molecule has 1 heterocycles. The van der Waals surface area contributed by atoms with Crippen molar-refractivity contribution in [3.63, 3.8) is 0 Å². The van der Waals surface area contributed by atoms with E-state index in [1.165, 1.54) is 12.1 Å². The maximum absolute atomic E-state index is 11.9. The predicted octanol–water partition coefficient (Wildman–Crippen LogP) is 1.70. The van der Waals surface area contributed by atoms with Crippen molar-refractivity contribution in [1.29, 1.82) is 0 Å². The summed E-state index contributed by atoms with van der Waals surface area (Å²) in [5, 5.41) is 13.5. The number of benzene rings is 2. The fraction of sp³-hybridized carbons (Fsp3) is 0.263. The van der Waals surface area contributed by atoms with Crippen LogP contribution in [0.1, 0.15) is 11.1 Å². The van der Waals surface area contributed by atoms with Crippen LogP contribution in [0.25, 0.3) is 0 Å². The molecule has 0 bridgehead atoms. The number of hydrogen-bond donors (Lipinski definition) is 1. The van der Waals surface area contributed by atoms with Crippen molar-refractivity contribution in [2.24, 2.45) is 0 Å². The highest BCUT2D eigenvalue weighted by molar-refractivity contribution is 5.82. The fourth-order valence-corrected chi connectivity index (χ4v) is 2.59. The zero-order chi connectivity index (χ0) is 20.6. The van der Waals surface area contributed by atoms with Gasteiger partial charge in [-0.3, -0.25) is 19.7 Å². The highest BCUT2D eigenvalue weighted by Crippen LogP contribution is 2.33. The number of non-ortho nitro benzene ring substituents is 1. The molecule has 0 unspecified atom stereocenters. The van der Waals surface area contributed by atoms with Crippen molar-refractivity contribution in [2.75, 3.05) is 19.9 Å². The van der Waals surface area contributed by atoms with Gasteiger partial charge in [0, 0.05) is 23.3 Å². The van der Waals surface area contributed by atoms with E-state index in [9.17, 15) is 19.7 Å². The quantitative estimate of drug-likeness (QED) is 0.402. The van der Waals surface area contributed by atoms with Crippen LogP contribution in [-0.2, 0) is 32.3 Å². The second-order valence-corrected chi connectivity index (χ2v) is 6.00. The molecule has 3 rings (SSSR count). The van der Waals surface area contributed by atoms with Gasteiger partial charge in [0.1, 0.15) is 24.7 Å². The molecule has 152 valence electrons. The monoisotopic (exact) mass is 402 g/mol. The number of nitro benzene ring substituents is 1. The molecule has 0 spiro atoms. The number of ether oxygens (including phenoxy) is 4. The van der Waals surface area contributed by atoms with Crippen LogP contribution in [0, 0.1) is 10.1 Å². The van der Waals surface area contributed by atoms with Crippen LogP contribution < -0.4 is 14.8 Å². The predicted molar refractivity (Wildman–Crippen MR) is 98.1 cm³/mol. The third-order valence-corrected chi connectivity index (χ3v) is 3.91. The molecule has 0 radical (unpaired) electrons. The number of para-hydroxylation sites is 1. The maximum atomic E-state index is 11.9. The lowest BCUT2D eigenvalue weighted by molar-refractivity contribution is -0.385. The summed E-state index contributed by atoms with van der Waals surface area (Å²) in [6.45, 7) is -0.681. The molecule has 10 heteroatoms. The number of fused-ring (bicyclic) bond motifs is 1. The summed E-state index contributed by atoms with van der Waals surface area (Å²) in [6.07, 6.45) is 0. The van der Waals surface area contributed by atoms with Gasteiger partial charge in [0.25, 0.3) is 11.6 Å².